The quantitative estimate of drug-likeness (QED) is 0.423. The SMILES string of the molecule is CNCc1cc([N+](=O)[O-])ccc1OCCCO. The molecule has 1 rings (SSSR count). The van der Waals surface area contributed by atoms with Crippen molar-refractivity contribution in [1.29, 1.82) is 0 Å². The van der Waals surface area contributed by atoms with Crippen molar-refractivity contribution in [3.05, 3.63) is 33.9 Å². The Morgan fingerprint density at radius 1 is 1.53 bits per heavy atom. The van der Waals surface area contributed by atoms with Crippen LogP contribution >= 0.6 is 0 Å². The number of rotatable bonds is 7. The highest BCUT2D eigenvalue weighted by Gasteiger charge is 2.11. The molecule has 0 aromatic heterocycles. The molecule has 1 aromatic carbocycles. The van der Waals surface area contributed by atoms with E-state index < -0.39 is 4.92 Å². The van der Waals surface area contributed by atoms with Gasteiger partial charge in [-0.05, 0) is 13.1 Å². The Hall–Kier alpha value is -1.66. The first-order chi connectivity index (χ1) is 8.19. The van der Waals surface area contributed by atoms with Gasteiger partial charge in [-0.1, -0.05) is 0 Å². The second-order valence-electron chi connectivity index (χ2n) is 3.51. The number of nitro benzene ring substituents is 1. The van der Waals surface area contributed by atoms with Crippen LogP contribution in [0.25, 0.3) is 0 Å². The summed E-state index contributed by atoms with van der Waals surface area (Å²) in [5.41, 5.74) is 0.782. The average molecular weight is 240 g/mol. The summed E-state index contributed by atoms with van der Waals surface area (Å²) in [5.74, 6) is 0.610. The normalized spacial score (nSPS) is 10.2. The van der Waals surface area contributed by atoms with Crippen molar-refractivity contribution in [3.8, 4) is 5.75 Å². The summed E-state index contributed by atoms with van der Waals surface area (Å²) in [6.45, 7) is 0.954. The predicted molar refractivity (Wildman–Crippen MR) is 63.1 cm³/mol. The maximum Gasteiger partial charge on any atom is 0.270 e. The van der Waals surface area contributed by atoms with E-state index in [4.69, 9.17) is 9.84 Å². The van der Waals surface area contributed by atoms with Gasteiger partial charge in [0.2, 0.25) is 0 Å². The van der Waals surface area contributed by atoms with Crippen LogP contribution in [-0.2, 0) is 6.54 Å². The average Bonchev–Trinajstić information content (AvgIpc) is 2.31. The molecule has 0 spiro atoms. The second-order valence-corrected chi connectivity index (χ2v) is 3.51. The Morgan fingerprint density at radius 3 is 2.88 bits per heavy atom. The zero-order valence-electron chi connectivity index (χ0n) is 9.68. The van der Waals surface area contributed by atoms with E-state index in [0.717, 1.165) is 5.56 Å². The summed E-state index contributed by atoms with van der Waals surface area (Å²) in [4.78, 5) is 10.2. The summed E-state index contributed by atoms with van der Waals surface area (Å²) in [5, 5.41) is 22.2. The molecule has 0 fully saturated rings. The molecule has 0 radical (unpaired) electrons. The lowest BCUT2D eigenvalue weighted by molar-refractivity contribution is -0.384. The van der Waals surface area contributed by atoms with Gasteiger partial charge in [0.1, 0.15) is 5.75 Å². The van der Waals surface area contributed by atoms with Crippen LogP contribution in [0.15, 0.2) is 18.2 Å². The van der Waals surface area contributed by atoms with Crippen LogP contribution in [0.2, 0.25) is 0 Å². The van der Waals surface area contributed by atoms with Gasteiger partial charge in [0.15, 0.2) is 0 Å². The van der Waals surface area contributed by atoms with Crippen LogP contribution in [0.4, 0.5) is 5.69 Å². The number of nitrogens with zero attached hydrogens (tertiary/aromatic N) is 1. The second kappa shape index (κ2) is 6.82. The molecule has 6 nitrogen and oxygen atoms in total. The number of ether oxygens (including phenoxy) is 1. The Labute approximate surface area is 99.4 Å². The van der Waals surface area contributed by atoms with E-state index in [1.54, 1.807) is 13.1 Å². The van der Waals surface area contributed by atoms with Crippen LogP contribution in [0.5, 0.6) is 5.75 Å². The number of aliphatic hydroxyl groups is 1. The van der Waals surface area contributed by atoms with Gasteiger partial charge < -0.3 is 15.2 Å². The van der Waals surface area contributed by atoms with Gasteiger partial charge in [0.05, 0.1) is 11.5 Å². The van der Waals surface area contributed by atoms with Crippen molar-refractivity contribution in [2.45, 2.75) is 13.0 Å². The first kappa shape index (κ1) is 13.4. The van der Waals surface area contributed by atoms with Crippen LogP contribution in [0.1, 0.15) is 12.0 Å². The number of hydrogen-bond acceptors (Lipinski definition) is 5. The first-order valence-electron chi connectivity index (χ1n) is 5.34. The molecule has 0 unspecified atom stereocenters. The van der Waals surface area contributed by atoms with Gasteiger partial charge in [-0.3, -0.25) is 10.1 Å². The minimum Gasteiger partial charge on any atom is -0.493 e. The molecule has 0 atom stereocenters. The molecular formula is C11H16N2O4. The molecule has 0 aliphatic heterocycles. The summed E-state index contributed by atoms with van der Waals surface area (Å²) in [6.07, 6.45) is 0.538. The third-order valence-corrected chi connectivity index (χ3v) is 2.18. The third kappa shape index (κ3) is 4.01. The Morgan fingerprint density at radius 2 is 2.29 bits per heavy atom. The van der Waals surface area contributed by atoms with Gasteiger partial charge in [0, 0.05) is 37.3 Å². The van der Waals surface area contributed by atoms with Crippen molar-refractivity contribution < 1.29 is 14.8 Å². The van der Waals surface area contributed by atoms with Gasteiger partial charge in [-0.25, -0.2) is 0 Å². The molecule has 2 N–H and O–H groups in total. The predicted octanol–water partition coefficient (Wildman–Crippen LogP) is 1.08. The largest absolute Gasteiger partial charge is 0.493 e. The molecule has 6 heteroatoms. The van der Waals surface area contributed by atoms with Crippen LogP contribution in [0, 0.1) is 10.1 Å². The monoisotopic (exact) mass is 240 g/mol. The van der Waals surface area contributed by atoms with Crippen molar-refractivity contribution in [2.75, 3.05) is 20.3 Å². The fraction of sp³-hybridized carbons (Fsp3) is 0.455. The van der Waals surface area contributed by atoms with Crippen molar-refractivity contribution in [2.24, 2.45) is 0 Å². The molecule has 94 valence electrons. The maximum atomic E-state index is 10.6. The molecule has 0 amide bonds. The zero-order chi connectivity index (χ0) is 12.7. The Bertz CT molecular complexity index is 382. The smallest absolute Gasteiger partial charge is 0.270 e. The number of nitrogens with one attached hydrogen (secondary N) is 1. The lowest BCUT2D eigenvalue weighted by atomic mass is 10.1. The first-order valence-corrected chi connectivity index (χ1v) is 5.34. The number of non-ortho nitro benzene ring substituents is 1. The summed E-state index contributed by atoms with van der Waals surface area (Å²) in [6, 6.07) is 4.49. The molecule has 0 saturated carbocycles. The lowest BCUT2D eigenvalue weighted by Gasteiger charge is -2.10. The number of hydrogen-bond donors (Lipinski definition) is 2. The molecule has 0 saturated heterocycles. The Kier molecular flexibility index (Phi) is 5.38. The van der Waals surface area contributed by atoms with Crippen molar-refractivity contribution in [1.82, 2.24) is 5.32 Å². The lowest BCUT2D eigenvalue weighted by Crippen LogP contribution is -2.09. The molecule has 17 heavy (non-hydrogen) atoms. The van der Waals surface area contributed by atoms with Crippen molar-refractivity contribution >= 4 is 5.69 Å². The minimum atomic E-state index is -0.434. The molecule has 0 aliphatic carbocycles. The van der Waals surface area contributed by atoms with E-state index in [1.807, 2.05) is 0 Å². The minimum absolute atomic E-state index is 0.0461. The molecule has 0 bridgehead atoms. The maximum absolute atomic E-state index is 10.6. The van der Waals surface area contributed by atoms with E-state index in [-0.39, 0.29) is 12.3 Å². The van der Waals surface area contributed by atoms with E-state index >= 15 is 0 Å². The number of benzene rings is 1. The topological polar surface area (TPSA) is 84.6 Å². The standard InChI is InChI=1S/C11H16N2O4/c1-12-8-9-7-10(13(15)16)3-4-11(9)17-6-2-5-14/h3-4,7,12,14H,2,5-6,8H2,1H3. The Balaban J connectivity index is 2.83. The highest BCUT2D eigenvalue weighted by Crippen LogP contribution is 2.24. The molecular weight excluding hydrogens is 224 g/mol. The number of nitro groups is 1. The van der Waals surface area contributed by atoms with Crippen LogP contribution in [-0.4, -0.2) is 30.3 Å². The summed E-state index contributed by atoms with van der Waals surface area (Å²) >= 11 is 0. The summed E-state index contributed by atoms with van der Waals surface area (Å²) < 4.78 is 5.44. The van der Waals surface area contributed by atoms with Crippen LogP contribution in [0.3, 0.4) is 0 Å². The van der Waals surface area contributed by atoms with E-state index in [2.05, 4.69) is 5.32 Å². The number of aliphatic hydroxyl groups excluding tert-OH is 1. The fourth-order valence-corrected chi connectivity index (χ4v) is 1.40. The van der Waals surface area contributed by atoms with E-state index in [1.165, 1.54) is 12.1 Å². The van der Waals surface area contributed by atoms with Gasteiger partial charge in [-0.2, -0.15) is 0 Å². The van der Waals surface area contributed by atoms with Gasteiger partial charge in [0.25, 0.3) is 5.69 Å². The van der Waals surface area contributed by atoms with Crippen LogP contribution < -0.4 is 10.1 Å². The fourth-order valence-electron chi connectivity index (χ4n) is 1.40. The van der Waals surface area contributed by atoms with E-state index in [0.29, 0.717) is 25.3 Å². The van der Waals surface area contributed by atoms with Gasteiger partial charge in [-0.15, -0.1) is 0 Å². The molecule has 0 heterocycles. The summed E-state index contributed by atoms with van der Waals surface area (Å²) in [7, 11) is 1.76. The van der Waals surface area contributed by atoms with Crippen molar-refractivity contribution in [3.63, 3.8) is 0 Å². The third-order valence-electron chi connectivity index (χ3n) is 2.18. The van der Waals surface area contributed by atoms with Gasteiger partial charge >= 0.3 is 0 Å². The molecule has 1 aromatic rings. The van der Waals surface area contributed by atoms with E-state index in [9.17, 15) is 10.1 Å². The highest BCUT2D eigenvalue weighted by atomic mass is 16.6. The molecule has 0 aliphatic rings. The zero-order valence-corrected chi connectivity index (χ0v) is 9.68. The highest BCUT2D eigenvalue weighted by molar-refractivity contribution is 5.43.